The number of benzene rings is 3. The first-order valence-corrected chi connectivity index (χ1v) is 9.52. The second-order valence-electron chi connectivity index (χ2n) is 5.98. The van der Waals surface area contributed by atoms with Crippen molar-refractivity contribution in [1.29, 1.82) is 0 Å². The molecule has 0 fully saturated rings. The third kappa shape index (κ3) is 5.25. The Bertz CT molecular complexity index is 1090. The minimum absolute atomic E-state index is 0.101. The Morgan fingerprint density at radius 3 is 2.07 bits per heavy atom. The van der Waals surface area contributed by atoms with Gasteiger partial charge in [0, 0.05) is 9.50 Å². The Hall–Kier alpha value is -3.09. The average molecular weight is 474 g/mol. The topological polar surface area (TPSA) is 83.8 Å². The molecule has 0 radical (unpaired) electrons. The third-order valence-electron chi connectivity index (χ3n) is 3.93. The molecule has 0 aliphatic carbocycles. The summed E-state index contributed by atoms with van der Waals surface area (Å²) in [4.78, 5) is 23.6. The predicted octanol–water partition coefficient (Wildman–Crippen LogP) is 6.19. The van der Waals surface area contributed by atoms with Gasteiger partial charge in [-0.2, -0.15) is 0 Å². The molecule has 146 valence electrons. The van der Waals surface area contributed by atoms with Crippen molar-refractivity contribution in [2.45, 2.75) is 0 Å². The van der Waals surface area contributed by atoms with E-state index in [0.29, 0.717) is 21.0 Å². The quantitative estimate of drug-likeness (QED) is 0.329. The van der Waals surface area contributed by atoms with Crippen LogP contribution in [0.1, 0.15) is 26.3 Å². The van der Waals surface area contributed by atoms with Gasteiger partial charge in [0.15, 0.2) is 5.78 Å². The Kier molecular flexibility index (Phi) is 6.36. The molecular formula is C22H14BrClO5. The molecule has 0 aliphatic heterocycles. The van der Waals surface area contributed by atoms with Gasteiger partial charge in [0.2, 0.25) is 0 Å². The maximum Gasteiger partial charge on any atom is 0.339 e. The van der Waals surface area contributed by atoms with Gasteiger partial charge in [0.05, 0.1) is 5.56 Å². The molecule has 0 bridgehead atoms. The van der Waals surface area contributed by atoms with E-state index in [0.717, 1.165) is 5.56 Å². The Morgan fingerprint density at radius 1 is 0.931 bits per heavy atom. The summed E-state index contributed by atoms with van der Waals surface area (Å²) in [6.07, 6.45) is 2.83. The fraction of sp³-hybridized carbons (Fsp3) is 0. The van der Waals surface area contributed by atoms with E-state index in [-0.39, 0.29) is 11.1 Å². The molecule has 3 rings (SSSR count). The van der Waals surface area contributed by atoms with Gasteiger partial charge in [-0.05, 0) is 60.2 Å². The number of ether oxygens (including phenoxy) is 1. The summed E-state index contributed by atoms with van der Waals surface area (Å²) < 4.78 is 6.09. The molecule has 3 aromatic rings. The highest BCUT2D eigenvalue weighted by Gasteiger charge is 2.18. The number of allylic oxidation sites excluding steroid dienone is 1. The molecule has 29 heavy (non-hydrogen) atoms. The number of aromatic carboxylic acids is 1. The van der Waals surface area contributed by atoms with E-state index >= 15 is 0 Å². The zero-order valence-corrected chi connectivity index (χ0v) is 17.1. The summed E-state index contributed by atoms with van der Waals surface area (Å²) in [5.74, 6) is -1.15. The summed E-state index contributed by atoms with van der Waals surface area (Å²) in [6.45, 7) is 0. The lowest BCUT2D eigenvalue weighted by Crippen LogP contribution is -2.03. The second-order valence-corrected chi connectivity index (χ2v) is 7.33. The normalized spacial score (nSPS) is 10.8. The van der Waals surface area contributed by atoms with Gasteiger partial charge < -0.3 is 14.9 Å². The molecule has 5 nitrogen and oxygen atoms in total. The highest BCUT2D eigenvalue weighted by Crippen LogP contribution is 2.28. The largest absolute Gasteiger partial charge is 0.506 e. The number of halogens is 2. The molecule has 0 saturated heterocycles. The lowest BCUT2D eigenvalue weighted by Gasteiger charge is -2.06. The van der Waals surface area contributed by atoms with Crippen molar-refractivity contribution in [2.24, 2.45) is 0 Å². The molecule has 0 aromatic heterocycles. The smallest absolute Gasteiger partial charge is 0.339 e. The standard InChI is InChI=1S/C22H14BrClO5/c23-14-11-18(21(26)19(12-14)22(27)28)20(25)10-3-13-1-6-16(7-2-13)29-17-8-4-15(24)5-9-17/h1-12,26H,(H,27,28)/b10-3+. The van der Waals surface area contributed by atoms with Crippen LogP contribution < -0.4 is 4.74 Å². The zero-order chi connectivity index (χ0) is 21.0. The third-order valence-corrected chi connectivity index (χ3v) is 4.64. The molecule has 0 atom stereocenters. The van der Waals surface area contributed by atoms with E-state index < -0.39 is 17.5 Å². The van der Waals surface area contributed by atoms with Crippen molar-refractivity contribution in [2.75, 3.05) is 0 Å². The predicted molar refractivity (Wildman–Crippen MR) is 114 cm³/mol. The number of hydrogen-bond donors (Lipinski definition) is 2. The first-order valence-electron chi connectivity index (χ1n) is 8.35. The monoisotopic (exact) mass is 472 g/mol. The minimum Gasteiger partial charge on any atom is -0.506 e. The first kappa shape index (κ1) is 20.6. The summed E-state index contributed by atoms with van der Waals surface area (Å²) in [5.41, 5.74) is 0.283. The number of hydrogen-bond acceptors (Lipinski definition) is 4. The maximum atomic E-state index is 12.4. The molecule has 3 aromatic carbocycles. The van der Waals surface area contributed by atoms with E-state index in [1.807, 2.05) is 0 Å². The van der Waals surface area contributed by atoms with Crippen LogP contribution in [0.5, 0.6) is 17.2 Å². The fourth-order valence-corrected chi connectivity index (χ4v) is 3.08. The van der Waals surface area contributed by atoms with Crippen LogP contribution >= 0.6 is 27.5 Å². The molecule has 7 heteroatoms. The molecule has 0 saturated carbocycles. The lowest BCUT2D eigenvalue weighted by atomic mass is 10.0. The van der Waals surface area contributed by atoms with Crippen molar-refractivity contribution in [3.63, 3.8) is 0 Å². The van der Waals surface area contributed by atoms with Crippen LogP contribution in [-0.2, 0) is 0 Å². The van der Waals surface area contributed by atoms with E-state index in [4.69, 9.17) is 21.4 Å². The van der Waals surface area contributed by atoms with Crippen molar-refractivity contribution >= 4 is 45.4 Å². The number of carbonyl (C=O) groups is 2. The van der Waals surface area contributed by atoms with E-state index in [9.17, 15) is 14.7 Å². The van der Waals surface area contributed by atoms with Crippen LogP contribution in [-0.4, -0.2) is 22.0 Å². The van der Waals surface area contributed by atoms with Crippen LogP contribution in [0.3, 0.4) is 0 Å². The number of ketones is 1. The number of rotatable bonds is 6. The number of aromatic hydroxyl groups is 1. The molecule has 0 amide bonds. The van der Waals surface area contributed by atoms with Crippen molar-refractivity contribution < 1.29 is 24.5 Å². The molecule has 0 unspecified atom stereocenters. The fourth-order valence-electron chi connectivity index (χ4n) is 2.50. The van der Waals surface area contributed by atoms with Crippen molar-refractivity contribution in [3.8, 4) is 17.2 Å². The lowest BCUT2D eigenvalue weighted by molar-refractivity contribution is 0.0693. The molecule has 0 spiro atoms. The SMILES string of the molecule is O=C(O)c1cc(Br)cc(C(=O)/C=C/c2ccc(Oc3ccc(Cl)cc3)cc2)c1O. The van der Waals surface area contributed by atoms with E-state index in [1.165, 1.54) is 18.2 Å². The average Bonchev–Trinajstić information content (AvgIpc) is 2.70. The molecular weight excluding hydrogens is 460 g/mol. The Morgan fingerprint density at radius 2 is 1.48 bits per heavy atom. The van der Waals surface area contributed by atoms with Gasteiger partial charge in [0.1, 0.15) is 22.8 Å². The van der Waals surface area contributed by atoms with E-state index in [2.05, 4.69) is 15.9 Å². The first-order chi connectivity index (χ1) is 13.8. The van der Waals surface area contributed by atoms with Crippen LogP contribution in [0.25, 0.3) is 6.08 Å². The molecule has 0 heterocycles. The number of carboxylic acid groups (broad SMARTS) is 1. The second kappa shape index (κ2) is 8.94. The van der Waals surface area contributed by atoms with Gasteiger partial charge in [-0.15, -0.1) is 0 Å². The van der Waals surface area contributed by atoms with Gasteiger partial charge >= 0.3 is 5.97 Å². The Balaban J connectivity index is 1.74. The minimum atomic E-state index is -1.32. The van der Waals surface area contributed by atoms with E-state index in [1.54, 1.807) is 54.6 Å². The van der Waals surface area contributed by atoms with Crippen LogP contribution in [0.2, 0.25) is 5.02 Å². The van der Waals surface area contributed by atoms with Crippen LogP contribution in [0.15, 0.2) is 71.2 Å². The van der Waals surface area contributed by atoms with Gasteiger partial charge in [0.25, 0.3) is 0 Å². The highest BCUT2D eigenvalue weighted by molar-refractivity contribution is 9.10. The summed E-state index contributed by atoms with van der Waals surface area (Å²) >= 11 is 8.99. The maximum absolute atomic E-state index is 12.4. The summed E-state index contributed by atoms with van der Waals surface area (Å²) in [7, 11) is 0. The number of carboxylic acids is 1. The van der Waals surface area contributed by atoms with Crippen molar-refractivity contribution in [3.05, 3.63) is 92.9 Å². The number of phenols is 1. The van der Waals surface area contributed by atoms with Crippen LogP contribution in [0.4, 0.5) is 0 Å². The van der Waals surface area contributed by atoms with Gasteiger partial charge in [-0.3, -0.25) is 4.79 Å². The van der Waals surface area contributed by atoms with Crippen molar-refractivity contribution in [1.82, 2.24) is 0 Å². The Labute approximate surface area is 180 Å². The van der Waals surface area contributed by atoms with Gasteiger partial charge in [-0.25, -0.2) is 4.79 Å². The zero-order valence-electron chi connectivity index (χ0n) is 14.8. The number of carbonyl (C=O) groups excluding carboxylic acids is 1. The van der Waals surface area contributed by atoms with Crippen LogP contribution in [0, 0.1) is 0 Å². The highest BCUT2D eigenvalue weighted by atomic mass is 79.9. The molecule has 2 N–H and O–H groups in total. The summed E-state index contributed by atoms with van der Waals surface area (Å²) in [5, 5.41) is 19.8. The van der Waals surface area contributed by atoms with Gasteiger partial charge in [-0.1, -0.05) is 45.7 Å². The summed E-state index contributed by atoms with van der Waals surface area (Å²) in [6, 6.07) is 16.6. The molecule has 0 aliphatic rings.